The highest BCUT2D eigenvalue weighted by Crippen LogP contribution is 2.36. The summed E-state index contributed by atoms with van der Waals surface area (Å²) in [6.07, 6.45) is 2.05. The fraction of sp³-hybridized carbons (Fsp3) is 0.500. The zero-order chi connectivity index (χ0) is 10.7. The maximum absolute atomic E-state index is 5.54. The second kappa shape index (κ2) is 4.53. The van der Waals surface area contributed by atoms with Crippen LogP contribution in [0.5, 0.6) is 11.5 Å². The average molecular weight is 207 g/mol. The van der Waals surface area contributed by atoms with Gasteiger partial charge in [0.2, 0.25) is 6.79 Å². The number of para-hydroxylation sites is 1. The Balaban J connectivity index is 2.11. The van der Waals surface area contributed by atoms with Gasteiger partial charge in [0.1, 0.15) is 0 Å². The first-order valence-corrected chi connectivity index (χ1v) is 5.39. The molecule has 0 radical (unpaired) electrons. The van der Waals surface area contributed by atoms with E-state index in [0.29, 0.717) is 12.7 Å². The van der Waals surface area contributed by atoms with E-state index in [1.807, 2.05) is 12.1 Å². The zero-order valence-corrected chi connectivity index (χ0v) is 9.03. The Morgan fingerprint density at radius 2 is 2.27 bits per heavy atom. The SMILES string of the molecule is CC(CCN)Cc1cccc2c1OCO2. The van der Waals surface area contributed by atoms with Crippen LogP contribution in [0.25, 0.3) is 0 Å². The molecule has 0 amide bonds. The Labute approximate surface area is 90.2 Å². The van der Waals surface area contributed by atoms with Crippen LogP contribution in [0.4, 0.5) is 0 Å². The van der Waals surface area contributed by atoms with Gasteiger partial charge in [-0.1, -0.05) is 19.1 Å². The molecule has 2 rings (SSSR count). The number of hydrogen-bond acceptors (Lipinski definition) is 3. The van der Waals surface area contributed by atoms with Gasteiger partial charge in [-0.3, -0.25) is 0 Å². The maximum atomic E-state index is 5.54. The molecular formula is C12H17NO2. The Hall–Kier alpha value is -1.22. The standard InChI is InChI=1S/C12H17NO2/c1-9(5-6-13)7-10-3-2-4-11-12(10)15-8-14-11/h2-4,9H,5-8,13H2,1H3. The van der Waals surface area contributed by atoms with Crippen molar-refractivity contribution in [2.45, 2.75) is 19.8 Å². The first-order chi connectivity index (χ1) is 7.31. The minimum atomic E-state index is 0.345. The quantitative estimate of drug-likeness (QED) is 0.820. The molecule has 1 aliphatic heterocycles. The van der Waals surface area contributed by atoms with Crippen molar-refractivity contribution in [3.8, 4) is 11.5 Å². The van der Waals surface area contributed by atoms with E-state index in [1.54, 1.807) is 0 Å². The van der Waals surface area contributed by atoms with Crippen LogP contribution in [-0.2, 0) is 6.42 Å². The van der Waals surface area contributed by atoms with Gasteiger partial charge in [0, 0.05) is 0 Å². The van der Waals surface area contributed by atoms with E-state index < -0.39 is 0 Å². The minimum absolute atomic E-state index is 0.345. The molecule has 1 atom stereocenters. The summed E-state index contributed by atoms with van der Waals surface area (Å²) in [6.45, 7) is 3.30. The van der Waals surface area contributed by atoms with Crippen molar-refractivity contribution >= 4 is 0 Å². The summed E-state index contributed by atoms with van der Waals surface area (Å²) in [4.78, 5) is 0. The Morgan fingerprint density at radius 1 is 1.40 bits per heavy atom. The normalized spacial score (nSPS) is 15.3. The molecule has 82 valence electrons. The van der Waals surface area contributed by atoms with E-state index in [0.717, 1.165) is 30.9 Å². The van der Waals surface area contributed by atoms with E-state index in [-0.39, 0.29) is 0 Å². The third-order valence-corrected chi connectivity index (χ3v) is 2.71. The molecule has 1 aromatic rings. The van der Waals surface area contributed by atoms with Gasteiger partial charge in [-0.2, -0.15) is 0 Å². The molecule has 0 saturated carbocycles. The lowest BCUT2D eigenvalue weighted by molar-refractivity contribution is 0.173. The smallest absolute Gasteiger partial charge is 0.231 e. The molecule has 3 nitrogen and oxygen atoms in total. The second-order valence-electron chi connectivity index (χ2n) is 4.04. The fourth-order valence-corrected chi connectivity index (χ4v) is 1.91. The molecule has 15 heavy (non-hydrogen) atoms. The lowest BCUT2D eigenvalue weighted by Gasteiger charge is -2.11. The Bertz CT molecular complexity index is 338. The molecule has 1 aromatic carbocycles. The van der Waals surface area contributed by atoms with E-state index in [1.165, 1.54) is 5.56 Å². The summed E-state index contributed by atoms with van der Waals surface area (Å²) in [5, 5.41) is 0. The van der Waals surface area contributed by atoms with Crippen LogP contribution in [0.1, 0.15) is 18.9 Å². The minimum Gasteiger partial charge on any atom is -0.454 e. The summed E-state index contributed by atoms with van der Waals surface area (Å²) in [6, 6.07) is 6.05. The molecule has 0 saturated heterocycles. The highest BCUT2D eigenvalue weighted by Gasteiger charge is 2.18. The predicted octanol–water partition coefficient (Wildman–Crippen LogP) is 1.94. The van der Waals surface area contributed by atoms with E-state index in [2.05, 4.69) is 13.0 Å². The molecule has 0 fully saturated rings. The van der Waals surface area contributed by atoms with Crippen LogP contribution in [0.15, 0.2) is 18.2 Å². The van der Waals surface area contributed by atoms with Gasteiger partial charge in [0.25, 0.3) is 0 Å². The topological polar surface area (TPSA) is 44.5 Å². The second-order valence-corrected chi connectivity index (χ2v) is 4.04. The first kappa shape index (κ1) is 10.3. The lowest BCUT2D eigenvalue weighted by atomic mass is 9.97. The molecule has 0 spiro atoms. The van der Waals surface area contributed by atoms with E-state index in [4.69, 9.17) is 15.2 Å². The summed E-state index contributed by atoms with van der Waals surface area (Å²) in [5.74, 6) is 2.37. The van der Waals surface area contributed by atoms with Gasteiger partial charge < -0.3 is 15.2 Å². The zero-order valence-electron chi connectivity index (χ0n) is 9.03. The van der Waals surface area contributed by atoms with Crippen LogP contribution >= 0.6 is 0 Å². The van der Waals surface area contributed by atoms with Crippen molar-refractivity contribution in [3.63, 3.8) is 0 Å². The van der Waals surface area contributed by atoms with Crippen molar-refractivity contribution in [2.75, 3.05) is 13.3 Å². The van der Waals surface area contributed by atoms with Crippen molar-refractivity contribution in [2.24, 2.45) is 11.7 Å². The van der Waals surface area contributed by atoms with Crippen molar-refractivity contribution in [1.29, 1.82) is 0 Å². The number of hydrogen-bond donors (Lipinski definition) is 1. The van der Waals surface area contributed by atoms with Gasteiger partial charge in [0.05, 0.1) is 0 Å². The molecule has 3 heteroatoms. The molecule has 0 aromatic heterocycles. The van der Waals surface area contributed by atoms with Crippen molar-refractivity contribution in [1.82, 2.24) is 0 Å². The predicted molar refractivity (Wildman–Crippen MR) is 59.1 cm³/mol. The van der Waals surface area contributed by atoms with Gasteiger partial charge >= 0.3 is 0 Å². The van der Waals surface area contributed by atoms with Crippen molar-refractivity contribution in [3.05, 3.63) is 23.8 Å². The molecular weight excluding hydrogens is 190 g/mol. The van der Waals surface area contributed by atoms with E-state index in [9.17, 15) is 0 Å². The van der Waals surface area contributed by atoms with Crippen molar-refractivity contribution < 1.29 is 9.47 Å². The third-order valence-electron chi connectivity index (χ3n) is 2.71. The van der Waals surface area contributed by atoms with Gasteiger partial charge in [0.15, 0.2) is 11.5 Å². The summed E-state index contributed by atoms with van der Waals surface area (Å²) < 4.78 is 10.8. The van der Waals surface area contributed by atoms with Crippen LogP contribution in [0.3, 0.4) is 0 Å². The molecule has 2 N–H and O–H groups in total. The number of rotatable bonds is 4. The van der Waals surface area contributed by atoms with Gasteiger partial charge in [-0.05, 0) is 36.9 Å². The largest absolute Gasteiger partial charge is 0.454 e. The van der Waals surface area contributed by atoms with Crippen LogP contribution in [0.2, 0.25) is 0 Å². The summed E-state index contributed by atoms with van der Waals surface area (Å²) in [7, 11) is 0. The Kier molecular flexibility index (Phi) is 3.11. The third kappa shape index (κ3) is 2.23. The number of fused-ring (bicyclic) bond motifs is 1. The van der Waals surface area contributed by atoms with Crippen LogP contribution in [0, 0.1) is 5.92 Å². The van der Waals surface area contributed by atoms with E-state index >= 15 is 0 Å². The highest BCUT2D eigenvalue weighted by molar-refractivity contribution is 5.48. The average Bonchev–Trinajstić information content (AvgIpc) is 2.67. The molecule has 0 bridgehead atoms. The van der Waals surface area contributed by atoms with Crippen LogP contribution < -0.4 is 15.2 Å². The molecule has 1 heterocycles. The molecule has 1 aliphatic rings. The number of ether oxygens (including phenoxy) is 2. The summed E-state index contributed by atoms with van der Waals surface area (Å²) >= 11 is 0. The monoisotopic (exact) mass is 207 g/mol. The van der Waals surface area contributed by atoms with Gasteiger partial charge in [-0.15, -0.1) is 0 Å². The molecule has 1 unspecified atom stereocenters. The maximum Gasteiger partial charge on any atom is 0.231 e. The lowest BCUT2D eigenvalue weighted by Crippen LogP contribution is -2.08. The van der Waals surface area contributed by atoms with Gasteiger partial charge in [-0.25, -0.2) is 0 Å². The first-order valence-electron chi connectivity index (χ1n) is 5.39. The fourth-order valence-electron chi connectivity index (χ4n) is 1.91. The summed E-state index contributed by atoms with van der Waals surface area (Å²) in [5.41, 5.74) is 6.77. The van der Waals surface area contributed by atoms with Crippen LogP contribution in [-0.4, -0.2) is 13.3 Å². The Morgan fingerprint density at radius 3 is 3.07 bits per heavy atom. The number of benzene rings is 1. The highest BCUT2D eigenvalue weighted by atomic mass is 16.7. The number of nitrogens with two attached hydrogens (primary N) is 1. The molecule has 0 aliphatic carbocycles.